The van der Waals surface area contributed by atoms with Gasteiger partial charge in [0, 0.05) is 6.42 Å². The fourth-order valence-corrected chi connectivity index (χ4v) is 1.53. The molecule has 5 heteroatoms. The van der Waals surface area contributed by atoms with E-state index < -0.39 is 29.5 Å². The Bertz CT molecular complexity index is 381. The van der Waals surface area contributed by atoms with Gasteiger partial charge in [0.05, 0.1) is 24.6 Å². The number of Topliss-reactive ketones (excluding diaryl/α,β-unsaturated/α-hetero) is 1. The molecule has 0 aromatic carbocycles. The number of likely N-dealkylation sites (N-methyl/N-ethyl adjacent to an activating group) is 1. The number of rotatable bonds is 8. The molecule has 0 aliphatic heterocycles. The molecule has 100 valence electrons. The Kier molecular flexibility index (Phi) is 4.41. The van der Waals surface area contributed by atoms with Gasteiger partial charge in [-0.2, -0.15) is 0 Å². The average Bonchev–Trinajstić information content (AvgIpc) is 2.11. The predicted molar refractivity (Wildman–Crippen MR) is 64.6 cm³/mol. The maximum absolute atomic E-state index is 11.8. The fraction of sp³-hybridized carbons (Fsp3) is 0.833. The normalized spacial score (nSPS) is 19.1. The van der Waals surface area contributed by atoms with Crippen molar-refractivity contribution in [3.63, 3.8) is 0 Å². The molecule has 1 unspecified atom stereocenters. The zero-order chi connectivity index (χ0) is 16.4. The van der Waals surface area contributed by atoms with Crippen LogP contribution < -0.4 is 0 Å². The minimum atomic E-state index is -2.82. The molecule has 17 heavy (non-hydrogen) atoms. The highest BCUT2D eigenvalue weighted by molar-refractivity contribution is 5.79. The van der Waals surface area contributed by atoms with E-state index in [9.17, 15) is 14.7 Å². The van der Waals surface area contributed by atoms with Crippen molar-refractivity contribution in [2.75, 3.05) is 27.1 Å². The number of quaternary nitrogens is 1. The van der Waals surface area contributed by atoms with Gasteiger partial charge in [-0.25, -0.2) is 0 Å². The number of aliphatic hydroxyl groups is 1. The van der Waals surface area contributed by atoms with Crippen LogP contribution in [0.25, 0.3) is 0 Å². The van der Waals surface area contributed by atoms with E-state index in [-0.39, 0.29) is 24.7 Å². The van der Waals surface area contributed by atoms with Gasteiger partial charge in [0.2, 0.25) is 0 Å². The van der Waals surface area contributed by atoms with Gasteiger partial charge >= 0.3 is 5.97 Å². The molecule has 2 N–H and O–H groups in total. The molecule has 0 amide bonds. The Hall–Kier alpha value is -0.940. The van der Waals surface area contributed by atoms with Crippen LogP contribution in [0.2, 0.25) is 0 Å². The number of carbonyl (C=O) groups is 2. The summed E-state index contributed by atoms with van der Waals surface area (Å²) in [5, 5.41) is 18.5. The Labute approximate surface area is 107 Å². The van der Waals surface area contributed by atoms with Crippen LogP contribution in [0.5, 0.6) is 0 Å². The number of carboxylic acids is 1. The molecule has 0 saturated carbocycles. The largest absolute Gasteiger partial charge is 0.481 e. The fourth-order valence-electron chi connectivity index (χ4n) is 1.53. The highest BCUT2D eigenvalue weighted by Crippen LogP contribution is 2.07. The predicted octanol–water partition coefficient (Wildman–Crippen LogP) is 0.514. The second-order valence-corrected chi connectivity index (χ2v) is 5.11. The van der Waals surface area contributed by atoms with Gasteiger partial charge in [-0.3, -0.25) is 9.59 Å². The topological polar surface area (TPSA) is 74.6 Å². The summed E-state index contributed by atoms with van der Waals surface area (Å²) in [5.74, 6) is -1.54. The van der Waals surface area contributed by atoms with E-state index in [4.69, 9.17) is 9.22 Å². The van der Waals surface area contributed by atoms with E-state index in [1.54, 1.807) is 0 Å². The van der Waals surface area contributed by atoms with Crippen LogP contribution in [-0.4, -0.2) is 59.7 Å². The summed E-state index contributed by atoms with van der Waals surface area (Å²) in [6.45, 7) is 0.902. The third-order valence-corrected chi connectivity index (χ3v) is 1.96. The molecule has 0 aliphatic rings. The van der Waals surface area contributed by atoms with Crippen LogP contribution >= 0.6 is 0 Å². The van der Waals surface area contributed by atoms with Crippen molar-refractivity contribution >= 4 is 11.8 Å². The highest BCUT2D eigenvalue weighted by Gasteiger charge is 2.25. The first kappa shape index (κ1) is 11.2. The van der Waals surface area contributed by atoms with Crippen molar-refractivity contribution in [2.24, 2.45) is 5.92 Å². The van der Waals surface area contributed by atoms with E-state index in [0.717, 1.165) is 0 Å². The van der Waals surface area contributed by atoms with Crippen LogP contribution in [0.15, 0.2) is 0 Å². The number of carboxylic acid groups (broad SMARTS) is 1. The van der Waals surface area contributed by atoms with Gasteiger partial charge in [-0.15, -0.1) is 0 Å². The van der Waals surface area contributed by atoms with Crippen LogP contribution in [-0.2, 0) is 9.59 Å². The molecule has 0 bridgehead atoms. The lowest BCUT2D eigenvalue weighted by Gasteiger charge is -2.31. The average molecular weight is 249 g/mol. The van der Waals surface area contributed by atoms with Crippen molar-refractivity contribution < 1.29 is 28.4 Å². The van der Waals surface area contributed by atoms with Gasteiger partial charge in [0.25, 0.3) is 0 Å². The molecule has 5 nitrogen and oxygen atoms in total. The molecule has 0 heterocycles. The molecule has 0 aliphatic carbocycles. The van der Waals surface area contributed by atoms with E-state index in [2.05, 4.69) is 0 Å². The molecule has 0 saturated heterocycles. The second-order valence-electron chi connectivity index (χ2n) is 5.11. The lowest BCUT2D eigenvalue weighted by atomic mass is 10.1. The minimum absolute atomic E-state index is 0.127. The number of ketones is 1. The van der Waals surface area contributed by atoms with Crippen LogP contribution in [0, 0.1) is 5.92 Å². The number of carbonyl (C=O) groups excluding carboxylic acids is 1. The third-order valence-electron chi connectivity index (χ3n) is 1.96. The summed E-state index contributed by atoms with van der Waals surface area (Å²) >= 11 is 0. The van der Waals surface area contributed by atoms with Crippen LogP contribution in [0.1, 0.15) is 30.8 Å². The quantitative estimate of drug-likeness (QED) is 0.615. The maximum Gasteiger partial charge on any atom is 0.306 e. The van der Waals surface area contributed by atoms with Crippen molar-refractivity contribution in [3.05, 3.63) is 0 Å². The van der Waals surface area contributed by atoms with Gasteiger partial charge < -0.3 is 14.7 Å². The SMILES string of the molecule is [2H]C(O)(CC(=O)O)C([2H])([2H])[N+](C)(C)CC(=O)CC(C)C. The minimum Gasteiger partial charge on any atom is -0.481 e. The summed E-state index contributed by atoms with van der Waals surface area (Å²) in [7, 11) is 2.72. The first-order valence-electron chi connectivity index (χ1n) is 7.02. The molecule has 1 atom stereocenters. The molecule has 0 rings (SSSR count). The first-order valence-corrected chi connectivity index (χ1v) is 5.52. The van der Waals surface area contributed by atoms with Crippen molar-refractivity contribution in [1.82, 2.24) is 0 Å². The van der Waals surface area contributed by atoms with Crippen molar-refractivity contribution in [3.8, 4) is 0 Å². The van der Waals surface area contributed by atoms with Gasteiger partial charge in [-0.1, -0.05) is 13.8 Å². The summed E-state index contributed by atoms with van der Waals surface area (Å²) in [6, 6.07) is 0. The molecule has 0 aromatic heterocycles. The Morgan fingerprint density at radius 2 is 1.88 bits per heavy atom. The molecular weight excluding hydrogens is 222 g/mol. The summed E-state index contributed by atoms with van der Waals surface area (Å²) < 4.78 is 22.7. The van der Waals surface area contributed by atoms with Crippen molar-refractivity contribution in [1.29, 1.82) is 0 Å². The third kappa shape index (κ3) is 8.83. The molecule has 0 aromatic rings. The lowest BCUT2D eigenvalue weighted by Crippen LogP contribution is -2.49. The van der Waals surface area contributed by atoms with Gasteiger partial charge in [-0.05, 0) is 5.92 Å². The summed E-state index contributed by atoms with van der Waals surface area (Å²) in [5.41, 5.74) is 0. The lowest BCUT2D eigenvalue weighted by molar-refractivity contribution is -0.885. The van der Waals surface area contributed by atoms with Gasteiger partial charge in [0.1, 0.15) is 19.1 Å². The Balaban J connectivity index is 5.14. The number of nitrogens with zero attached hydrogens (tertiary/aromatic N) is 1. The summed E-state index contributed by atoms with van der Waals surface area (Å²) in [6.07, 6.45) is -3.60. The zero-order valence-corrected chi connectivity index (χ0v) is 10.9. The van der Waals surface area contributed by atoms with E-state index in [1.807, 2.05) is 13.8 Å². The molecule has 0 spiro atoms. The molecule has 0 fully saturated rings. The monoisotopic (exact) mass is 249 g/mol. The zero-order valence-electron chi connectivity index (χ0n) is 13.9. The van der Waals surface area contributed by atoms with Crippen LogP contribution in [0.4, 0.5) is 0 Å². The molecule has 0 radical (unpaired) electrons. The molecular formula is C12H24NO4+. The maximum atomic E-state index is 11.8. The number of hydrogen-bond acceptors (Lipinski definition) is 3. The smallest absolute Gasteiger partial charge is 0.306 e. The highest BCUT2D eigenvalue weighted by atomic mass is 16.4. The van der Waals surface area contributed by atoms with E-state index in [0.29, 0.717) is 0 Å². The van der Waals surface area contributed by atoms with E-state index in [1.165, 1.54) is 14.1 Å². The second kappa shape index (κ2) is 6.71. The summed E-state index contributed by atoms with van der Waals surface area (Å²) in [4.78, 5) is 22.5. The number of hydrogen-bond donors (Lipinski definition) is 2. The van der Waals surface area contributed by atoms with E-state index >= 15 is 0 Å². The Morgan fingerprint density at radius 1 is 1.35 bits per heavy atom. The van der Waals surface area contributed by atoms with Crippen LogP contribution in [0.3, 0.4) is 0 Å². The first-order chi connectivity index (χ1) is 8.73. The van der Waals surface area contributed by atoms with Gasteiger partial charge in [0.15, 0.2) is 5.78 Å². The number of aliphatic carboxylic acids is 1. The standard InChI is InChI=1S/C12H23NO4/c1-9(2)5-10(14)7-13(3,4)8-11(15)6-12(16)17/h9,11,15H,5-8H2,1-4H3/p+1/i8D2,11D. The Morgan fingerprint density at radius 3 is 2.29 bits per heavy atom. The van der Waals surface area contributed by atoms with Crippen molar-refractivity contribution in [2.45, 2.75) is 32.8 Å².